The van der Waals surface area contributed by atoms with Gasteiger partial charge in [-0.15, -0.1) is 25.6 Å². The average Bonchev–Trinajstić information content (AvgIpc) is 2.66. The molecular weight excluding hydrogens is 329 g/mol. The number of alkyl halides is 3. The van der Waals surface area contributed by atoms with E-state index in [1.54, 1.807) is 4.57 Å². The molecule has 2 N–H and O–H groups in total. The fraction of sp³-hybridized carbons (Fsp3) is 0.417. The maximum atomic E-state index is 12.3. The lowest BCUT2D eigenvalue weighted by molar-refractivity contribution is -0.274. The van der Waals surface area contributed by atoms with Gasteiger partial charge in [0.25, 0.3) is 0 Å². The molecule has 0 fully saturated rings. The van der Waals surface area contributed by atoms with Gasteiger partial charge in [-0.1, -0.05) is 11.3 Å². The zero-order chi connectivity index (χ0) is 14.5. The van der Waals surface area contributed by atoms with E-state index >= 15 is 0 Å². The van der Waals surface area contributed by atoms with Crippen LogP contribution in [0.25, 0.3) is 10.2 Å². The Kier molecular flexibility index (Phi) is 4.23. The number of benzene rings is 1. The zero-order valence-electron chi connectivity index (χ0n) is 10.6. The summed E-state index contributed by atoms with van der Waals surface area (Å²) in [6.45, 7) is -0.0807. The Morgan fingerprint density at radius 1 is 1.43 bits per heavy atom. The number of nitrogens with zero attached hydrogens (tertiary/aromatic N) is 1. The number of thiazole rings is 1. The van der Waals surface area contributed by atoms with Crippen molar-refractivity contribution in [1.29, 1.82) is 5.41 Å². The monoisotopic (exact) mass is 340 g/mol. The SMILES string of the molecule is Cl.N=c1sc2cc(OC(F)(F)F)cc3c2n1C(CO)CC3. The summed E-state index contributed by atoms with van der Waals surface area (Å²) < 4.78 is 43.1. The van der Waals surface area contributed by atoms with Crippen molar-refractivity contribution in [3.8, 4) is 5.75 Å². The second-order valence-electron chi connectivity index (χ2n) is 4.63. The van der Waals surface area contributed by atoms with Crippen LogP contribution in [0.2, 0.25) is 0 Å². The van der Waals surface area contributed by atoms with Crippen LogP contribution in [0.1, 0.15) is 18.0 Å². The molecule has 3 rings (SSSR count). The van der Waals surface area contributed by atoms with Crippen LogP contribution in [0.15, 0.2) is 12.1 Å². The molecule has 0 spiro atoms. The van der Waals surface area contributed by atoms with Gasteiger partial charge in [-0.3, -0.25) is 5.41 Å². The van der Waals surface area contributed by atoms with E-state index in [-0.39, 0.29) is 35.6 Å². The van der Waals surface area contributed by atoms with Crippen LogP contribution < -0.4 is 9.54 Å². The topological polar surface area (TPSA) is 58.2 Å². The Labute approximate surface area is 127 Å². The molecule has 1 unspecified atom stereocenters. The highest BCUT2D eigenvalue weighted by Crippen LogP contribution is 2.36. The van der Waals surface area contributed by atoms with Crippen LogP contribution in [-0.2, 0) is 6.42 Å². The molecule has 0 aliphatic carbocycles. The summed E-state index contributed by atoms with van der Waals surface area (Å²) in [4.78, 5) is 0.226. The van der Waals surface area contributed by atoms with E-state index < -0.39 is 6.36 Å². The van der Waals surface area contributed by atoms with Gasteiger partial charge in [0.05, 0.1) is 22.9 Å². The zero-order valence-corrected chi connectivity index (χ0v) is 12.2. The van der Waals surface area contributed by atoms with Crippen molar-refractivity contribution < 1.29 is 23.0 Å². The van der Waals surface area contributed by atoms with Gasteiger partial charge in [-0.05, 0) is 30.5 Å². The molecule has 2 heterocycles. The van der Waals surface area contributed by atoms with Crippen LogP contribution in [0, 0.1) is 5.41 Å². The van der Waals surface area contributed by atoms with Gasteiger partial charge in [0, 0.05) is 0 Å². The molecule has 1 aromatic carbocycles. The molecule has 4 nitrogen and oxygen atoms in total. The van der Waals surface area contributed by atoms with Gasteiger partial charge in [0.2, 0.25) is 0 Å². The van der Waals surface area contributed by atoms with Crippen molar-refractivity contribution >= 4 is 34.0 Å². The fourth-order valence-corrected chi connectivity index (χ4v) is 3.65. The Bertz CT molecular complexity index is 726. The number of aliphatic hydroxyl groups is 1. The normalized spacial score (nSPS) is 17.6. The number of hydrogen-bond donors (Lipinski definition) is 2. The van der Waals surface area contributed by atoms with Crippen LogP contribution in [0.5, 0.6) is 5.75 Å². The smallest absolute Gasteiger partial charge is 0.406 e. The third kappa shape index (κ3) is 2.88. The van der Waals surface area contributed by atoms with Crippen LogP contribution in [0.3, 0.4) is 0 Å². The van der Waals surface area contributed by atoms with Gasteiger partial charge in [-0.2, -0.15) is 0 Å². The van der Waals surface area contributed by atoms with E-state index in [9.17, 15) is 18.3 Å². The maximum absolute atomic E-state index is 12.3. The van der Waals surface area contributed by atoms with Crippen LogP contribution in [0.4, 0.5) is 13.2 Å². The largest absolute Gasteiger partial charge is 0.573 e. The van der Waals surface area contributed by atoms with Crippen molar-refractivity contribution in [1.82, 2.24) is 4.57 Å². The minimum absolute atomic E-state index is 0. The number of nitrogens with one attached hydrogen (secondary N) is 1. The molecule has 1 aliphatic heterocycles. The quantitative estimate of drug-likeness (QED) is 0.883. The summed E-state index contributed by atoms with van der Waals surface area (Å²) in [5, 5.41) is 17.3. The minimum atomic E-state index is -4.72. The molecule has 0 saturated carbocycles. The molecule has 0 saturated heterocycles. The van der Waals surface area contributed by atoms with Crippen molar-refractivity contribution in [2.24, 2.45) is 0 Å². The molecule has 116 valence electrons. The molecule has 0 amide bonds. The lowest BCUT2D eigenvalue weighted by Crippen LogP contribution is -2.26. The predicted octanol–water partition coefficient (Wildman–Crippen LogP) is 2.98. The Morgan fingerprint density at radius 3 is 2.76 bits per heavy atom. The van der Waals surface area contributed by atoms with E-state index in [1.807, 2.05) is 0 Å². The first-order valence-electron chi connectivity index (χ1n) is 5.98. The molecule has 0 radical (unpaired) electrons. The average molecular weight is 341 g/mol. The maximum Gasteiger partial charge on any atom is 0.573 e. The summed E-state index contributed by atoms with van der Waals surface area (Å²) in [5.74, 6) is -0.254. The highest BCUT2D eigenvalue weighted by molar-refractivity contribution is 7.16. The third-order valence-electron chi connectivity index (χ3n) is 3.35. The summed E-state index contributed by atoms with van der Waals surface area (Å²) in [6, 6.07) is 2.48. The molecule has 9 heteroatoms. The summed E-state index contributed by atoms with van der Waals surface area (Å²) in [6.07, 6.45) is -3.56. The van der Waals surface area contributed by atoms with E-state index in [2.05, 4.69) is 4.74 Å². The van der Waals surface area contributed by atoms with Gasteiger partial charge in [0.15, 0.2) is 4.80 Å². The van der Waals surface area contributed by atoms with Crippen LogP contribution in [-0.4, -0.2) is 22.6 Å². The van der Waals surface area contributed by atoms with Gasteiger partial charge in [0.1, 0.15) is 5.75 Å². The lowest BCUT2D eigenvalue weighted by atomic mass is 9.99. The third-order valence-corrected chi connectivity index (χ3v) is 4.27. The number of hydrogen-bond acceptors (Lipinski definition) is 4. The Balaban J connectivity index is 0.00000161. The number of aryl methyl sites for hydroxylation is 1. The minimum Gasteiger partial charge on any atom is -0.406 e. The first-order valence-corrected chi connectivity index (χ1v) is 6.80. The molecule has 21 heavy (non-hydrogen) atoms. The van der Waals surface area contributed by atoms with Crippen molar-refractivity contribution in [3.63, 3.8) is 0 Å². The fourth-order valence-electron chi connectivity index (χ4n) is 2.60. The van der Waals surface area contributed by atoms with E-state index in [0.717, 1.165) is 22.4 Å². The number of aromatic nitrogens is 1. The molecular formula is C12H12ClF3N2O2S. The first kappa shape index (κ1) is 16.1. The number of ether oxygens (including phenoxy) is 1. The van der Waals surface area contributed by atoms with Crippen molar-refractivity contribution in [3.05, 3.63) is 22.5 Å². The first-order chi connectivity index (χ1) is 9.39. The second-order valence-corrected chi connectivity index (χ2v) is 5.66. The van der Waals surface area contributed by atoms with Crippen molar-refractivity contribution in [2.75, 3.05) is 6.61 Å². The van der Waals surface area contributed by atoms with Crippen molar-refractivity contribution in [2.45, 2.75) is 25.2 Å². The predicted molar refractivity (Wildman–Crippen MR) is 74.0 cm³/mol. The lowest BCUT2D eigenvalue weighted by Gasteiger charge is -2.24. The summed E-state index contributed by atoms with van der Waals surface area (Å²) in [5.41, 5.74) is 1.46. The second kappa shape index (κ2) is 5.51. The Morgan fingerprint density at radius 2 is 2.14 bits per heavy atom. The molecule has 1 atom stereocenters. The highest BCUT2D eigenvalue weighted by Gasteiger charge is 2.32. The number of aliphatic hydroxyl groups excluding tert-OH is 1. The standard InChI is InChI=1S/C12H11F3N2O2S.ClH/c13-12(14,15)19-8-3-6-1-2-7(5-18)17-10(6)9(4-8)20-11(17)16;/h3-4,7,16,18H,1-2,5H2;1H. The van der Waals surface area contributed by atoms with E-state index in [0.29, 0.717) is 17.5 Å². The molecule has 1 aromatic heterocycles. The summed E-state index contributed by atoms with van der Waals surface area (Å²) in [7, 11) is 0. The summed E-state index contributed by atoms with van der Waals surface area (Å²) >= 11 is 1.09. The van der Waals surface area contributed by atoms with Crippen LogP contribution >= 0.6 is 23.7 Å². The highest BCUT2D eigenvalue weighted by atomic mass is 35.5. The molecule has 1 aliphatic rings. The van der Waals surface area contributed by atoms with Gasteiger partial charge >= 0.3 is 6.36 Å². The van der Waals surface area contributed by atoms with Gasteiger partial charge in [-0.25, -0.2) is 0 Å². The molecule has 2 aromatic rings. The molecule has 0 bridgehead atoms. The van der Waals surface area contributed by atoms with Gasteiger partial charge < -0.3 is 14.4 Å². The van der Waals surface area contributed by atoms with E-state index in [1.165, 1.54) is 12.1 Å². The number of halogens is 4. The Hall–Kier alpha value is -1.25. The number of rotatable bonds is 2. The van der Waals surface area contributed by atoms with E-state index in [4.69, 9.17) is 5.41 Å².